The number of nitrogens with one attached hydrogen (secondary N) is 1. The van der Waals surface area contributed by atoms with Crippen LogP contribution in [0.4, 0.5) is 5.82 Å². The summed E-state index contributed by atoms with van der Waals surface area (Å²) in [6.07, 6.45) is 0.908. The summed E-state index contributed by atoms with van der Waals surface area (Å²) >= 11 is 5.92. The molecule has 0 saturated carbocycles. The van der Waals surface area contributed by atoms with Crippen LogP contribution in [0.1, 0.15) is 27.6 Å². The molecule has 9 heteroatoms. The molecule has 1 amide bonds. The fourth-order valence-corrected chi connectivity index (χ4v) is 2.88. The molecule has 3 rings (SSSR count). The molecule has 2 aromatic carbocycles. The largest absolute Gasteiger partial charge is 0.488 e. The van der Waals surface area contributed by atoms with Gasteiger partial charge >= 0.3 is 5.97 Å². The van der Waals surface area contributed by atoms with E-state index in [1.165, 1.54) is 18.3 Å². The third-order valence-corrected chi connectivity index (χ3v) is 4.43. The molecule has 8 nitrogen and oxygen atoms in total. The van der Waals surface area contributed by atoms with Crippen LogP contribution >= 0.6 is 11.6 Å². The van der Waals surface area contributed by atoms with Crippen LogP contribution in [0.25, 0.3) is 0 Å². The molecular weight excluding hydrogens is 436 g/mol. The molecule has 0 aliphatic carbocycles. The van der Waals surface area contributed by atoms with Crippen LogP contribution in [0.3, 0.4) is 0 Å². The Bertz CT molecular complexity index is 1090. The minimum absolute atomic E-state index is 0.0178. The van der Waals surface area contributed by atoms with Gasteiger partial charge in [-0.3, -0.25) is 4.79 Å². The van der Waals surface area contributed by atoms with Gasteiger partial charge in [0.05, 0.1) is 12.2 Å². The lowest BCUT2D eigenvalue weighted by Gasteiger charge is -2.16. The number of carboxylic acids is 1. The van der Waals surface area contributed by atoms with Gasteiger partial charge in [-0.1, -0.05) is 11.6 Å². The topological polar surface area (TPSA) is 107 Å². The molecule has 0 saturated heterocycles. The third-order valence-electron chi connectivity index (χ3n) is 4.18. The van der Waals surface area contributed by atoms with E-state index in [9.17, 15) is 9.59 Å². The number of aromatic carboxylic acids is 1. The van der Waals surface area contributed by atoms with Gasteiger partial charge in [-0.15, -0.1) is 0 Å². The number of amides is 1. The van der Waals surface area contributed by atoms with Crippen molar-refractivity contribution in [2.75, 3.05) is 19.0 Å². The number of ether oxygens (including phenoxy) is 3. The number of aromatic nitrogens is 1. The molecule has 1 atom stereocenters. The van der Waals surface area contributed by atoms with Crippen LogP contribution in [0.5, 0.6) is 17.2 Å². The first-order valence-electron chi connectivity index (χ1n) is 9.59. The van der Waals surface area contributed by atoms with Crippen molar-refractivity contribution in [2.24, 2.45) is 0 Å². The van der Waals surface area contributed by atoms with Crippen molar-refractivity contribution in [3.8, 4) is 17.2 Å². The van der Waals surface area contributed by atoms with Gasteiger partial charge in [-0.05, 0) is 55.5 Å². The van der Waals surface area contributed by atoms with Crippen LogP contribution in [0, 0.1) is 0 Å². The Morgan fingerprint density at radius 3 is 2.38 bits per heavy atom. The number of hydrogen-bond donors (Lipinski definition) is 2. The molecule has 0 fully saturated rings. The fourth-order valence-electron chi connectivity index (χ4n) is 2.75. The minimum Gasteiger partial charge on any atom is -0.488 e. The number of anilines is 1. The van der Waals surface area contributed by atoms with Crippen molar-refractivity contribution in [2.45, 2.75) is 13.0 Å². The zero-order valence-electron chi connectivity index (χ0n) is 17.4. The summed E-state index contributed by atoms with van der Waals surface area (Å²) in [4.78, 5) is 27.7. The highest BCUT2D eigenvalue weighted by atomic mass is 35.5. The lowest BCUT2D eigenvalue weighted by Crippen LogP contribution is -2.19. The number of rotatable bonds is 9. The second kappa shape index (κ2) is 10.6. The molecule has 0 bridgehead atoms. The number of methoxy groups -OCH3 is 1. The molecule has 0 aliphatic rings. The van der Waals surface area contributed by atoms with Gasteiger partial charge in [0.2, 0.25) is 0 Å². The number of benzene rings is 2. The maximum Gasteiger partial charge on any atom is 0.337 e. The Kier molecular flexibility index (Phi) is 7.64. The van der Waals surface area contributed by atoms with Crippen LogP contribution in [0.15, 0.2) is 60.8 Å². The van der Waals surface area contributed by atoms with Gasteiger partial charge in [0.25, 0.3) is 5.91 Å². The van der Waals surface area contributed by atoms with Crippen LogP contribution in [-0.2, 0) is 4.74 Å². The highest BCUT2D eigenvalue weighted by Crippen LogP contribution is 2.29. The van der Waals surface area contributed by atoms with E-state index in [0.717, 1.165) is 0 Å². The first kappa shape index (κ1) is 23.1. The van der Waals surface area contributed by atoms with Gasteiger partial charge in [0, 0.05) is 30.0 Å². The fraction of sp³-hybridized carbons (Fsp3) is 0.174. The van der Waals surface area contributed by atoms with Crippen LogP contribution in [0.2, 0.25) is 5.02 Å². The molecule has 0 unspecified atom stereocenters. The van der Waals surface area contributed by atoms with Gasteiger partial charge in [0.1, 0.15) is 29.2 Å². The summed E-state index contributed by atoms with van der Waals surface area (Å²) in [6, 6.07) is 14.4. The Balaban J connectivity index is 1.85. The molecule has 1 aromatic heterocycles. The van der Waals surface area contributed by atoms with E-state index in [2.05, 4.69) is 10.3 Å². The van der Waals surface area contributed by atoms with Crippen molar-refractivity contribution in [1.82, 2.24) is 4.98 Å². The molecule has 1 heterocycles. The molecule has 0 spiro atoms. The van der Waals surface area contributed by atoms with E-state index in [4.69, 9.17) is 30.9 Å². The molecule has 2 N–H and O–H groups in total. The highest BCUT2D eigenvalue weighted by Gasteiger charge is 2.14. The summed E-state index contributed by atoms with van der Waals surface area (Å²) < 4.78 is 16.8. The number of pyridine rings is 1. The number of nitrogens with zero attached hydrogens (tertiary/aromatic N) is 1. The summed E-state index contributed by atoms with van der Waals surface area (Å²) in [5, 5.41) is 12.2. The third kappa shape index (κ3) is 6.44. The Labute approximate surface area is 189 Å². The Morgan fingerprint density at radius 2 is 1.75 bits per heavy atom. The Morgan fingerprint density at radius 1 is 1.03 bits per heavy atom. The van der Waals surface area contributed by atoms with Gasteiger partial charge < -0.3 is 24.6 Å². The average Bonchev–Trinajstić information content (AvgIpc) is 2.75. The summed E-state index contributed by atoms with van der Waals surface area (Å²) in [7, 11) is 1.57. The second-order valence-corrected chi connectivity index (χ2v) is 7.26. The van der Waals surface area contributed by atoms with E-state index in [-0.39, 0.29) is 23.0 Å². The molecule has 32 heavy (non-hydrogen) atoms. The van der Waals surface area contributed by atoms with Crippen LogP contribution < -0.4 is 14.8 Å². The maximum atomic E-state index is 12.8. The van der Waals surface area contributed by atoms with E-state index in [1.54, 1.807) is 49.6 Å². The van der Waals surface area contributed by atoms with Crippen molar-refractivity contribution in [1.29, 1.82) is 0 Å². The number of carbonyl (C=O) groups is 2. The monoisotopic (exact) mass is 456 g/mol. The van der Waals surface area contributed by atoms with Crippen molar-refractivity contribution >= 4 is 29.3 Å². The summed E-state index contributed by atoms with van der Waals surface area (Å²) in [5.74, 6) is -0.0251. The lowest BCUT2D eigenvalue weighted by atomic mass is 10.1. The molecular formula is C23H21ClN2O6. The zero-order valence-corrected chi connectivity index (χ0v) is 18.1. The number of carbonyl (C=O) groups excluding carboxylic acids is 1. The van der Waals surface area contributed by atoms with E-state index >= 15 is 0 Å². The zero-order chi connectivity index (χ0) is 23.1. The SMILES string of the molecule is COC[C@H](C)Oc1cc(Oc2ccc(Cl)cc2)cc(C(=O)Nc2ccc(C(=O)O)cn2)c1. The molecule has 3 aromatic rings. The van der Waals surface area contributed by atoms with Gasteiger partial charge in [-0.2, -0.15) is 0 Å². The van der Waals surface area contributed by atoms with Gasteiger partial charge in [0.15, 0.2) is 0 Å². The lowest BCUT2D eigenvalue weighted by molar-refractivity contribution is 0.0696. The predicted octanol–water partition coefficient (Wildman–Crippen LogP) is 4.89. The number of carboxylic acid groups (broad SMARTS) is 1. The van der Waals surface area contributed by atoms with Crippen molar-refractivity contribution < 1.29 is 28.9 Å². The molecule has 0 radical (unpaired) electrons. The van der Waals surface area contributed by atoms with E-state index in [1.807, 2.05) is 6.92 Å². The molecule has 166 valence electrons. The van der Waals surface area contributed by atoms with Crippen LogP contribution in [-0.4, -0.2) is 41.8 Å². The minimum atomic E-state index is -1.10. The summed E-state index contributed by atoms with van der Waals surface area (Å²) in [6.45, 7) is 2.20. The Hall–Kier alpha value is -3.62. The van der Waals surface area contributed by atoms with Crippen molar-refractivity contribution in [3.05, 3.63) is 76.9 Å². The number of halogens is 1. The second-order valence-electron chi connectivity index (χ2n) is 6.82. The van der Waals surface area contributed by atoms with E-state index in [0.29, 0.717) is 28.9 Å². The standard InChI is InChI=1S/C23H21ClN2O6/c1-14(13-30-2)31-19-9-16(10-20(11-19)32-18-6-4-17(24)5-7-18)22(27)26-21-8-3-15(12-25-21)23(28)29/h3-12,14H,13H2,1-2H3,(H,28,29)(H,25,26,27)/t14-/m0/s1. The highest BCUT2D eigenvalue weighted by molar-refractivity contribution is 6.30. The van der Waals surface area contributed by atoms with Crippen molar-refractivity contribution in [3.63, 3.8) is 0 Å². The summed E-state index contributed by atoms with van der Waals surface area (Å²) in [5.41, 5.74) is 0.282. The number of hydrogen-bond acceptors (Lipinski definition) is 6. The maximum absolute atomic E-state index is 12.8. The smallest absolute Gasteiger partial charge is 0.337 e. The average molecular weight is 457 g/mol. The van der Waals surface area contributed by atoms with E-state index < -0.39 is 11.9 Å². The molecule has 0 aliphatic heterocycles. The first-order chi connectivity index (χ1) is 15.3. The first-order valence-corrected chi connectivity index (χ1v) is 9.96. The normalized spacial score (nSPS) is 11.5. The predicted molar refractivity (Wildman–Crippen MR) is 119 cm³/mol. The quantitative estimate of drug-likeness (QED) is 0.472. The van der Waals surface area contributed by atoms with Gasteiger partial charge in [-0.25, -0.2) is 9.78 Å².